The molecule has 0 aromatic heterocycles. The second-order valence-corrected chi connectivity index (χ2v) is 5.06. The molecule has 0 unspecified atom stereocenters. The van der Waals surface area contributed by atoms with Crippen LogP contribution in [0.2, 0.25) is 5.02 Å². The molecule has 2 nitrogen and oxygen atoms in total. The molecule has 0 aliphatic heterocycles. The van der Waals surface area contributed by atoms with Gasteiger partial charge in [0.25, 0.3) is 0 Å². The lowest BCUT2D eigenvalue weighted by Crippen LogP contribution is -3.16. The molecule has 1 N–H and O–H groups in total. The first-order chi connectivity index (χ1) is 7.50. The fourth-order valence-corrected chi connectivity index (χ4v) is 1.87. The number of hydroxylamine groups is 2. The topological polar surface area (TPSA) is 13.7 Å². The van der Waals surface area contributed by atoms with Crippen LogP contribution in [-0.2, 0) is 11.4 Å². The highest BCUT2D eigenvalue weighted by molar-refractivity contribution is 6.30. The molecule has 0 amide bonds. The summed E-state index contributed by atoms with van der Waals surface area (Å²) in [6.07, 6.45) is 0. The van der Waals surface area contributed by atoms with Gasteiger partial charge in [0.2, 0.25) is 0 Å². The van der Waals surface area contributed by atoms with E-state index in [9.17, 15) is 0 Å². The van der Waals surface area contributed by atoms with Gasteiger partial charge in [-0.25, -0.2) is 0 Å². The van der Waals surface area contributed by atoms with Crippen molar-refractivity contribution >= 4 is 11.6 Å². The summed E-state index contributed by atoms with van der Waals surface area (Å²) in [4.78, 5) is 5.86. The Morgan fingerprint density at radius 3 is 2.00 bits per heavy atom. The van der Waals surface area contributed by atoms with Crippen molar-refractivity contribution < 1.29 is 9.90 Å². The lowest BCUT2D eigenvalue weighted by atomic mass is 10.2. The van der Waals surface area contributed by atoms with Gasteiger partial charge in [0.1, 0.15) is 18.7 Å². The Kier molecular flexibility index (Phi) is 5.26. The summed E-state index contributed by atoms with van der Waals surface area (Å²) in [7, 11) is 0. The molecule has 0 bridgehead atoms. The molecular weight excluding hydrogens is 222 g/mol. The van der Waals surface area contributed by atoms with E-state index in [1.807, 2.05) is 24.3 Å². The maximum absolute atomic E-state index is 5.86. The molecule has 0 radical (unpaired) electrons. The molecule has 1 aromatic rings. The monoisotopic (exact) mass is 242 g/mol. The van der Waals surface area contributed by atoms with Gasteiger partial charge in [0.15, 0.2) is 0 Å². The summed E-state index contributed by atoms with van der Waals surface area (Å²) >= 11 is 5.83. The van der Waals surface area contributed by atoms with Crippen LogP contribution in [0.1, 0.15) is 33.3 Å². The van der Waals surface area contributed by atoms with Crippen molar-refractivity contribution in [2.45, 2.75) is 46.4 Å². The molecule has 0 aliphatic rings. The largest absolute Gasteiger partial charge is 0.199 e. The molecule has 0 saturated heterocycles. The number of quaternary nitrogens is 1. The highest BCUT2D eigenvalue weighted by Gasteiger charge is 2.18. The highest BCUT2D eigenvalue weighted by atomic mass is 35.5. The van der Waals surface area contributed by atoms with E-state index >= 15 is 0 Å². The van der Waals surface area contributed by atoms with E-state index in [4.69, 9.17) is 16.4 Å². The molecule has 0 heterocycles. The molecule has 16 heavy (non-hydrogen) atoms. The number of halogens is 1. The first-order valence-corrected chi connectivity index (χ1v) is 6.12. The predicted molar refractivity (Wildman–Crippen MR) is 67.5 cm³/mol. The molecule has 1 aromatic carbocycles. The fraction of sp³-hybridized carbons (Fsp3) is 0.538. The van der Waals surface area contributed by atoms with Crippen molar-refractivity contribution in [3.05, 3.63) is 34.9 Å². The molecule has 3 heteroatoms. The van der Waals surface area contributed by atoms with Gasteiger partial charge in [0, 0.05) is 5.02 Å². The van der Waals surface area contributed by atoms with Gasteiger partial charge in [0.05, 0.1) is 0 Å². The maximum atomic E-state index is 5.86. The van der Waals surface area contributed by atoms with Gasteiger partial charge < -0.3 is 0 Å². The minimum absolute atomic E-state index is 0.465. The lowest BCUT2D eigenvalue weighted by molar-refractivity contribution is -1.13. The highest BCUT2D eigenvalue weighted by Crippen LogP contribution is 2.09. The fourth-order valence-electron chi connectivity index (χ4n) is 1.75. The zero-order valence-electron chi connectivity index (χ0n) is 10.5. The second kappa shape index (κ2) is 6.24. The standard InChI is InChI=1S/C13H20ClNO/c1-10(2)15(11(3)4)16-9-12-5-7-13(14)8-6-12/h5-8,10-11H,9H2,1-4H3/p+1. The van der Waals surface area contributed by atoms with Crippen LogP contribution in [0.25, 0.3) is 0 Å². The zero-order valence-corrected chi connectivity index (χ0v) is 11.2. The number of benzene rings is 1. The van der Waals surface area contributed by atoms with E-state index in [0.717, 1.165) is 15.6 Å². The Labute approximate surface area is 103 Å². The molecular formula is C13H21ClNO+. The van der Waals surface area contributed by atoms with Crippen LogP contribution in [0, 0.1) is 0 Å². The zero-order chi connectivity index (χ0) is 12.1. The minimum Gasteiger partial charge on any atom is -0.199 e. The van der Waals surface area contributed by atoms with Crippen molar-refractivity contribution in [1.82, 2.24) is 0 Å². The van der Waals surface area contributed by atoms with Crippen LogP contribution in [0.3, 0.4) is 0 Å². The van der Waals surface area contributed by atoms with E-state index in [1.54, 1.807) is 0 Å². The summed E-state index contributed by atoms with van der Waals surface area (Å²) in [5, 5.41) is 1.93. The first kappa shape index (κ1) is 13.5. The van der Waals surface area contributed by atoms with Crippen molar-refractivity contribution in [1.29, 1.82) is 0 Å². The summed E-state index contributed by atoms with van der Waals surface area (Å²) in [5.41, 5.74) is 1.16. The lowest BCUT2D eigenvalue weighted by Gasteiger charge is -2.24. The van der Waals surface area contributed by atoms with E-state index in [2.05, 4.69) is 27.7 Å². The number of hydrogen-bond donors (Lipinski definition) is 1. The van der Waals surface area contributed by atoms with E-state index in [0.29, 0.717) is 18.7 Å². The Bertz CT molecular complexity index is 300. The quantitative estimate of drug-likeness (QED) is 0.784. The second-order valence-electron chi connectivity index (χ2n) is 4.63. The Hall–Kier alpha value is -0.570. The van der Waals surface area contributed by atoms with Crippen molar-refractivity contribution in [3.8, 4) is 0 Å². The Balaban J connectivity index is 2.52. The van der Waals surface area contributed by atoms with Crippen molar-refractivity contribution in [2.75, 3.05) is 0 Å². The van der Waals surface area contributed by atoms with E-state index in [1.165, 1.54) is 0 Å². The van der Waals surface area contributed by atoms with Crippen LogP contribution in [0.5, 0.6) is 0 Å². The summed E-state index contributed by atoms with van der Waals surface area (Å²) in [6, 6.07) is 8.72. The maximum Gasteiger partial charge on any atom is 0.131 e. The van der Waals surface area contributed by atoms with Gasteiger partial charge in [-0.3, -0.25) is 0 Å². The normalized spacial score (nSPS) is 11.8. The van der Waals surface area contributed by atoms with Gasteiger partial charge in [-0.1, -0.05) is 23.7 Å². The molecule has 90 valence electrons. The van der Waals surface area contributed by atoms with Crippen LogP contribution < -0.4 is 5.06 Å². The molecule has 0 atom stereocenters. The molecule has 0 aliphatic carbocycles. The number of nitrogens with one attached hydrogen (secondary N) is 1. The molecule has 0 saturated carbocycles. The van der Waals surface area contributed by atoms with E-state index < -0.39 is 0 Å². The Morgan fingerprint density at radius 2 is 1.56 bits per heavy atom. The van der Waals surface area contributed by atoms with E-state index in [-0.39, 0.29) is 0 Å². The molecule has 0 fully saturated rings. The summed E-state index contributed by atoms with van der Waals surface area (Å²) in [5.74, 6) is 0. The third-order valence-corrected chi connectivity index (χ3v) is 2.71. The number of hydrogen-bond acceptors (Lipinski definition) is 1. The van der Waals surface area contributed by atoms with Gasteiger partial charge in [-0.05, 0) is 45.4 Å². The van der Waals surface area contributed by atoms with Crippen molar-refractivity contribution in [3.63, 3.8) is 0 Å². The predicted octanol–water partition coefficient (Wildman–Crippen LogP) is 2.47. The van der Waals surface area contributed by atoms with Crippen molar-refractivity contribution in [2.24, 2.45) is 0 Å². The van der Waals surface area contributed by atoms with Crippen LogP contribution in [0.15, 0.2) is 24.3 Å². The average Bonchev–Trinajstić information content (AvgIpc) is 2.20. The molecule has 1 rings (SSSR count). The summed E-state index contributed by atoms with van der Waals surface area (Å²) < 4.78 is 0. The third-order valence-electron chi connectivity index (χ3n) is 2.46. The minimum atomic E-state index is 0.465. The van der Waals surface area contributed by atoms with Gasteiger partial charge >= 0.3 is 0 Å². The SMILES string of the molecule is CC(C)[NH+](OCc1ccc(Cl)cc1)C(C)C. The van der Waals surface area contributed by atoms with Gasteiger partial charge in [-0.2, -0.15) is 9.90 Å². The van der Waals surface area contributed by atoms with Crippen LogP contribution in [-0.4, -0.2) is 12.1 Å². The third kappa shape index (κ3) is 4.12. The molecule has 0 spiro atoms. The van der Waals surface area contributed by atoms with Crippen LogP contribution >= 0.6 is 11.6 Å². The average molecular weight is 243 g/mol. The smallest absolute Gasteiger partial charge is 0.131 e. The Morgan fingerprint density at radius 1 is 1.06 bits per heavy atom. The van der Waals surface area contributed by atoms with Crippen LogP contribution in [0.4, 0.5) is 0 Å². The first-order valence-electron chi connectivity index (χ1n) is 5.74. The van der Waals surface area contributed by atoms with Gasteiger partial charge in [-0.15, -0.1) is 0 Å². The summed E-state index contributed by atoms with van der Waals surface area (Å²) in [6.45, 7) is 9.28. The number of rotatable bonds is 5.